The van der Waals surface area contributed by atoms with Crippen LogP contribution in [0.2, 0.25) is 0 Å². The van der Waals surface area contributed by atoms with Crippen molar-refractivity contribution in [2.45, 2.75) is 89.7 Å². The van der Waals surface area contributed by atoms with E-state index in [1.807, 2.05) is 17.8 Å². The summed E-state index contributed by atoms with van der Waals surface area (Å²) >= 11 is 1.89. The summed E-state index contributed by atoms with van der Waals surface area (Å²) < 4.78 is 0. The van der Waals surface area contributed by atoms with Crippen LogP contribution in [0.15, 0.2) is 30.3 Å². The molecule has 0 aromatic heterocycles. The number of thioether (sulfide) groups is 1. The Balaban J connectivity index is 2.13. The molecule has 0 aliphatic carbocycles. The van der Waals surface area contributed by atoms with E-state index in [4.69, 9.17) is 0 Å². The third-order valence-electron chi connectivity index (χ3n) is 4.51. The summed E-state index contributed by atoms with van der Waals surface area (Å²) in [6.45, 7) is 4.43. The molecule has 0 radical (unpaired) electrons. The van der Waals surface area contributed by atoms with Crippen molar-refractivity contribution in [3.63, 3.8) is 0 Å². The van der Waals surface area contributed by atoms with Gasteiger partial charge in [-0.3, -0.25) is 4.79 Å². The Kier molecular flexibility index (Phi) is 12.9. The molecule has 0 bridgehead atoms. The van der Waals surface area contributed by atoms with Gasteiger partial charge < -0.3 is 0 Å². The molecular formula is C22H36OS. The molecule has 0 saturated carbocycles. The van der Waals surface area contributed by atoms with Crippen molar-refractivity contribution in [2.24, 2.45) is 0 Å². The lowest BCUT2D eigenvalue weighted by atomic mass is 10.0. The first-order chi connectivity index (χ1) is 11.8. The van der Waals surface area contributed by atoms with Gasteiger partial charge in [0.05, 0.1) is 0 Å². The lowest BCUT2D eigenvalue weighted by Gasteiger charge is -2.15. The predicted molar refractivity (Wildman–Crippen MR) is 109 cm³/mol. The molecule has 2 heteroatoms. The molecule has 1 rings (SSSR count). The number of Topliss-reactive ketones (excluding diaryl/α,β-unsaturated/α-hetero) is 1. The van der Waals surface area contributed by atoms with E-state index in [-0.39, 0.29) is 0 Å². The van der Waals surface area contributed by atoms with Gasteiger partial charge in [-0.2, -0.15) is 11.8 Å². The summed E-state index contributed by atoms with van der Waals surface area (Å²) in [5, 5.41) is 0.335. The zero-order valence-electron chi connectivity index (χ0n) is 15.8. The molecule has 1 atom stereocenters. The minimum Gasteiger partial charge on any atom is -0.300 e. The van der Waals surface area contributed by atoms with Crippen molar-refractivity contribution in [1.82, 2.24) is 0 Å². The predicted octanol–water partition coefficient (Wildman–Crippen LogP) is 7.36. The van der Waals surface area contributed by atoms with Gasteiger partial charge in [0.1, 0.15) is 5.78 Å². The first-order valence-corrected chi connectivity index (χ1v) is 11.0. The number of benzene rings is 1. The van der Waals surface area contributed by atoms with Crippen LogP contribution < -0.4 is 0 Å². The standard InChI is InChI=1S/C22H36OS/c1-3-5-6-7-8-9-10-11-15-18-21(23)19-22(24-4-2)20-16-13-12-14-17-20/h12-14,16-17,22H,3-11,15,18-19H2,1-2H3/t22-/m0/s1. The molecule has 1 aromatic carbocycles. The fourth-order valence-electron chi connectivity index (χ4n) is 3.08. The topological polar surface area (TPSA) is 17.1 Å². The van der Waals surface area contributed by atoms with Crippen molar-refractivity contribution in [1.29, 1.82) is 0 Å². The molecule has 0 aliphatic rings. The van der Waals surface area contributed by atoms with E-state index >= 15 is 0 Å². The summed E-state index contributed by atoms with van der Waals surface area (Å²) in [4.78, 5) is 12.3. The van der Waals surface area contributed by atoms with Gasteiger partial charge in [-0.25, -0.2) is 0 Å². The van der Waals surface area contributed by atoms with E-state index in [9.17, 15) is 4.79 Å². The smallest absolute Gasteiger partial charge is 0.134 e. The van der Waals surface area contributed by atoms with E-state index in [2.05, 4.69) is 38.1 Å². The highest BCUT2D eigenvalue weighted by Gasteiger charge is 2.15. The molecule has 0 N–H and O–H groups in total. The SMILES string of the molecule is CCCCCCCCCCCC(=O)C[C@H](SCC)c1ccccc1. The minimum atomic E-state index is 0.335. The van der Waals surface area contributed by atoms with E-state index < -0.39 is 0 Å². The van der Waals surface area contributed by atoms with Gasteiger partial charge in [0.2, 0.25) is 0 Å². The molecule has 0 heterocycles. The lowest BCUT2D eigenvalue weighted by molar-refractivity contribution is -0.119. The van der Waals surface area contributed by atoms with E-state index in [1.54, 1.807) is 0 Å². The fourth-order valence-corrected chi connectivity index (χ4v) is 4.14. The van der Waals surface area contributed by atoms with Gasteiger partial charge >= 0.3 is 0 Å². The summed E-state index contributed by atoms with van der Waals surface area (Å²) in [6, 6.07) is 10.5. The molecule has 0 aliphatic heterocycles. The van der Waals surface area contributed by atoms with Crippen molar-refractivity contribution in [2.75, 3.05) is 5.75 Å². The third kappa shape index (κ3) is 10.2. The number of ketones is 1. The van der Waals surface area contributed by atoms with Crippen molar-refractivity contribution < 1.29 is 4.79 Å². The molecule has 1 nitrogen and oxygen atoms in total. The number of carbonyl (C=O) groups excluding carboxylic acids is 1. The van der Waals surface area contributed by atoms with Crippen LogP contribution in [0.5, 0.6) is 0 Å². The van der Waals surface area contributed by atoms with Gasteiger partial charge in [-0.05, 0) is 17.7 Å². The molecule has 24 heavy (non-hydrogen) atoms. The van der Waals surface area contributed by atoms with Crippen molar-refractivity contribution >= 4 is 17.5 Å². The van der Waals surface area contributed by atoms with E-state index in [0.717, 1.165) is 18.6 Å². The Morgan fingerprint density at radius 2 is 1.46 bits per heavy atom. The molecule has 0 amide bonds. The van der Waals surface area contributed by atoms with Crippen molar-refractivity contribution in [3.8, 4) is 0 Å². The van der Waals surface area contributed by atoms with Gasteiger partial charge in [0, 0.05) is 18.1 Å². The van der Waals surface area contributed by atoms with Crippen LogP contribution in [0.3, 0.4) is 0 Å². The third-order valence-corrected chi connectivity index (χ3v) is 5.69. The maximum Gasteiger partial charge on any atom is 0.134 e. The minimum absolute atomic E-state index is 0.335. The second-order valence-electron chi connectivity index (χ2n) is 6.68. The van der Waals surface area contributed by atoms with Crippen LogP contribution in [0.4, 0.5) is 0 Å². The maximum absolute atomic E-state index is 12.3. The first-order valence-electron chi connectivity index (χ1n) is 9.96. The second kappa shape index (κ2) is 14.6. The van der Waals surface area contributed by atoms with Gasteiger partial charge in [-0.15, -0.1) is 0 Å². The second-order valence-corrected chi connectivity index (χ2v) is 8.16. The van der Waals surface area contributed by atoms with E-state index in [1.165, 1.54) is 56.9 Å². The lowest BCUT2D eigenvalue weighted by Crippen LogP contribution is -2.05. The Hall–Kier alpha value is -0.760. The van der Waals surface area contributed by atoms with Crippen molar-refractivity contribution in [3.05, 3.63) is 35.9 Å². The molecular weight excluding hydrogens is 312 g/mol. The molecule has 1 aromatic rings. The van der Waals surface area contributed by atoms with Crippen LogP contribution in [0.1, 0.15) is 95.3 Å². The molecule has 0 spiro atoms. The Morgan fingerprint density at radius 3 is 2.04 bits per heavy atom. The Labute approximate surface area is 154 Å². The quantitative estimate of drug-likeness (QED) is 0.308. The molecule has 0 saturated heterocycles. The summed E-state index contributed by atoms with van der Waals surface area (Å²) in [6.07, 6.45) is 13.3. The zero-order chi connectivity index (χ0) is 17.5. The van der Waals surface area contributed by atoms with Crippen LogP contribution in [-0.2, 0) is 4.79 Å². The monoisotopic (exact) mass is 348 g/mol. The fraction of sp³-hybridized carbons (Fsp3) is 0.682. The van der Waals surface area contributed by atoms with Crippen LogP contribution >= 0.6 is 11.8 Å². The van der Waals surface area contributed by atoms with Gasteiger partial charge in [0.25, 0.3) is 0 Å². The summed E-state index contributed by atoms with van der Waals surface area (Å²) in [7, 11) is 0. The zero-order valence-corrected chi connectivity index (χ0v) is 16.6. The highest BCUT2D eigenvalue weighted by Crippen LogP contribution is 2.32. The molecule has 0 fully saturated rings. The highest BCUT2D eigenvalue weighted by atomic mass is 32.2. The van der Waals surface area contributed by atoms with Gasteiger partial charge in [0.15, 0.2) is 0 Å². The normalized spacial score (nSPS) is 12.2. The number of unbranched alkanes of at least 4 members (excludes halogenated alkanes) is 8. The number of hydrogen-bond acceptors (Lipinski definition) is 2. The average molecular weight is 349 g/mol. The number of rotatable bonds is 15. The first kappa shape index (κ1) is 21.3. The maximum atomic E-state index is 12.3. The van der Waals surface area contributed by atoms with Crippen LogP contribution in [-0.4, -0.2) is 11.5 Å². The Bertz CT molecular complexity index is 415. The molecule has 0 unspecified atom stereocenters. The number of carbonyl (C=O) groups is 1. The largest absolute Gasteiger partial charge is 0.300 e. The summed E-state index contributed by atoms with van der Waals surface area (Å²) in [5.74, 6) is 1.50. The van der Waals surface area contributed by atoms with Gasteiger partial charge in [-0.1, -0.05) is 95.5 Å². The van der Waals surface area contributed by atoms with E-state index in [0.29, 0.717) is 17.5 Å². The molecule has 136 valence electrons. The number of hydrogen-bond donors (Lipinski definition) is 0. The Morgan fingerprint density at radius 1 is 0.875 bits per heavy atom. The summed E-state index contributed by atoms with van der Waals surface area (Å²) in [5.41, 5.74) is 1.30. The van der Waals surface area contributed by atoms with Crippen LogP contribution in [0.25, 0.3) is 0 Å². The highest BCUT2D eigenvalue weighted by molar-refractivity contribution is 7.99. The van der Waals surface area contributed by atoms with Crippen LogP contribution in [0, 0.1) is 0 Å². The average Bonchev–Trinajstić information content (AvgIpc) is 2.61.